The van der Waals surface area contributed by atoms with Gasteiger partial charge in [-0.05, 0) is 36.8 Å². The molecule has 0 saturated heterocycles. The minimum absolute atomic E-state index is 0.0399. The molecule has 2 aromatic rings. The molecule has 0 aliphatic carbocycles. The fraction of sp³-hybridized carbons (Fsp3) is 0.143. The third kappa shape index (κ3) is 2.81. The normalized spacial score (nSPS) is 12.2. The fourth-order valence-electron chi connectivity index (χ4n) is 1.53. The first kappa shape index (κ1) is 12.9. The molecule has 18 heavy (non-hydrogen) atoms. The van der Waals surface area contributed by atoms with Gasteiger partial charge in [-0.15, -0.1) is 0 Å². The summed E-state index contributed by atoms with van der Waals surface area (Å²) in [6.07, 6.45) is 0. The molecule has 4 heteroatoms. The molecule has 2 rings (SSSR count). The molecule has 0 unspecified atom stereocenters. The second kappa shape index (κ2) is 5.38. The molecule has 0 aliphatic rings. The lowest BCUT2D eigenvalue weighted by Gasteiger charge is -2.09. The third-order valence-corrected chi connectivity index (χ3v) is 2.84. The van der Waals surface area contributed by atoms with Gasteiger partial charge < -0.3 is 10.5 Å². The van der Waals surface area contributed by atoms with E-state index in [1.54, 1.807) is 18.2 Å². The second-order valence-corrected chi connectivity index (χ2v) is 4.42. The van der Waals surface area contributed by atoms with Crippen LogP contribution in [0.2, 0.25) is 5.02 Å². The van der Waals surface area contributed by atoms with E-state index in [2.05, 4.69) is 0 Å². The number of hydrogen-bond acceptors (Lipinski definition) is 2. The molecular weight excluding hydrogens is 253 g/mol. The number of hydrogen-bond donors (Lipinski definition) is 1. The summed E-state index contributed by atoms with van der Waals surface area (Å²) in [7, 11) is 0. The zero-order valence-corrected chi connectivity index (χ0v) is 10.6. The fourth-order valence-corrected chi connectivity index (χ4v) is 1.70. The minimum atomic E-state index is -0.560. The Labute approximate surface area is 110 Å². The maximum Gasteiger partial charge on any atom is 0.184 e. The van der Waals surface area contributed by atoms with Crippen LogP contribution < -0.4 is 10.5 Å². The van der Waals surface area contributed by atoms with Crippen LogP contribution in [0.4, 0.5) is 4.39 Å². The molecule has 0 saturated carbocycles. The number of rotatable bonds is 3. The van der Waals surface area contributed by atoms with Gasteiger partial charge in [0.15, 0.2) is 11.6 Å². The molecule has 94 valence electrons. The number of benzene rings is 2. The molecule has 1 atom stereocenters. The average molecular weight is 266 g/mol. The summed E-state index contributed by atoms with van der Waals surface area (Å²) in [6.45, 7) is 1.90. The molecule has 0 heterocycles. The predicted molar refractivity (Wildman–Crippen MR) is 70.5 cm³/mol. The Bertz CT molecular complexity index is 540. The van der Waals surface area contributed by atoms with Gasteiger partial charge in [0.25, 0.3) is 0 Å². The lowest BCUT2D eigenvalue weighted by Crippen LogP contribution is -2.04. The van der Waals surface area contributed by atoms with Crippen LogP contribution in [0.3, 0.4) is 0 Å². The summed E-state index contributed by atoms with van der Waals surface area (Å²) < 4.78 is 19.0. The first-order chi connectivity index (χ1) is 8.58. The van der Waals surface area contributed by atoms with Crippen LogP contribution in [0.5, 0.6) is 11.5 Å². The van der Waals surface area contributed by atoms with E-state index in [-0.39, 0.29) is 16.8 Å². The van der Waals surface area contributed by atoms with Crippen molar-refractivity contribution in [3.63, 3.8) is 0 Å². The molecule has 0 amide bonds. The number of nitrogens with two attached hydrogens (primary N) is 1. The van der Waals surface area contributed by atoms with E-state index in [1.807, 2.05) is 19.1 Å². The smallest absolute Gasteiger partial charge is 0.184 e. The lowest BCUT2D eigenvalue weighted by atomic mass is 10.1. The van der Waals surface area contributed by atoms with E-state index in [0.29, 0.717) is 5.75 Å². The van der Waals surface area contributed by atoms with Gasteiger partial charge in [0.05, 0.1) is 5.02 Å². The minimum Gasteiger partial charge on any atom is -0.454 e. The number of halogens is 2. The molecule has 0 bridgehead atoms. The van der Waals surface area contributed by atoms with E-state index in [0.717, 1.165) is 5.56 Å². The van der Waals surface area contributed by atoms with Gasteiger partial charge in [0.2, 0.25) is 0 Å². The molecule has 0 spiro atoms. The Morgan fingerprint density at radius 1 is 1.17 bits per heavy atom. The summed E-state index contributed by atoms with van der Waals surface area (Å²) in [5.41, 5.74) is 6.74. The van der Waals surface area contributed by atoms with Gasteiger partial charge in [0, 0.05) is 6.04 Å². The van der Waals surface area contributed by atoms with Crippen molar-refractivity contribution in [1.29, 1.82) is 0 Å². The Kier molecular flexibility index (Phi) is 3.84. The van der Waals surface area contributed by atoms with E-state index < -0.39 is 5.82 Å². The highest BCUT2D eigenvalue weighted by atomic mass is 35.5. The van der Waals surface area contributed by atoms with Crippen molar-refractivity contribution in [3.05, 3.63) is 58.9 Å². The van der Waals surface area contributed by atoms with Crippen LogP contribution in [0, 0.1) is 5.82 Å². The number of ether oxygens (including phenoxy) is 1. The van der Waals surface area contributed by atoms with E-state index in [4.69, 9.17) is 22.1 Å². The lowest BCUT2D eigenvalue weighted by molar-refractivity contribution is 0.442. The van der Waals surface area contributed by atoms with Crippen LogP contribution in [-0.4, -0.2) is 0 Å². The predicted octanol–water partition coefficient (Wildman–Crippen LogP) is 4.29. The van der Waals surface area contributed by atoms with Gasteiger partial charge in [-0.1, -0.05) is 29.8 Å². The van der Waals surface area contributed by atoms with Crippen LogP contribution in [-0.2, 0) is 0 Å². The second-order valence-electron chi connectivity index (χ2n) is 4.01. The summed E-state index contributed by atoms with van der Waals surface area (Å²) in [4.78, 5) is 0. The van der Waals surface area contributed by atoms with Gasteiger partial charge in [-0.25, -0.2) is 4.39 Å². The first-order valence-electron chi connectivity index (χ1n) is 5.55. The zero-order chi connectivity index (χ0) is 13.1. The summed E-state index contributed by atoms with van der Waals surface area (Å²) in [5, 5.41) is 0.0414. The highest BCUT2D eigenvalue weighted by molar-refractivity contribution is 6.30. The first-order valence-corrected chi connectivity index (χ1v) is 5.93. The van der Waals surface area contributed by atoms with Gasteiger partial charge in [0.1, 0.15) is 5.75 Å². The Balaban J connectivity index is 2.21. The monoisotopic (exact) mass is 265 g/mol. The molecule has 0 radical (unpaired) electrons. The van der Waals surface area contributed by atoms with Crippen LogP contribution >= 0.6 is 11.6 Å². The van der Waals surface area contributed by atoms with E-state index in [1.165, 1.54) is 12.1 Å². The van der Waals surface area contributed by atoms with Gasteiger partial charge in [-0.3, -0.25) is 0 Å². The van der Waals surface area contributed by atoms with Crippen LogP contribution in [0.15, 0.2) is 42.5 Å². The van der Waals surface area contributed by atoms with Crippen molar-refractivity contribution >= 4 is 11.6 Å². The molecule has 0 aliphatic heterocycles. The molecule has 0 aromatic heterocycles. The molecular formula is C14H13ClFNO. The highest BCUT2D eigenvalue weighted by Gasteiger charge is 2.08. The Morgan fingerprint density at radius 2 is 1.83 bits per heavy atom. The highest BCUT2D eigenvalue weighted by Crippen LogP contribution is 2.29. The molecule has 2 aromatic carbocycles. The van der Waals surface area contributed by atoms with Crippen molar-refractivity contribution in [2.45, 2.75) is 13.0 Å². The maximum atomic E-state index is 13.6. The zero-order valence-electron chi connectivity index (χ0n) is 9.86. The Morgan fingerprint density at radius 3 is 2.44 bits per heavy atom. The molecule has 0 fully saturated rings. The summed E-state index contributed by atoms with van der Waals surface area (Å²) in [6, 6.07) is 11.8. The van der Waals surface area contributed by atoms with Crippen LogP contribution in [0.25, 0.3) is 0 Å². The Hall–Kier alpha value is -1.58. The topological polar surface area (TPSA) is 35.2 Å². The standard InChI is InChI=1S/C14H13ClFNO/c1-9(17)10-5-7-11(8-6-10)18-13-4-2-3-12(15)14(13)16/h2-9H,17H2,1H3/t9-/m1/s1. The SMILES string of the molecule is C[C@@H](N)c1ccc(Oc2cccc(Cl)c2F)cc1. The summed E-state index contributed by atoms with van der Waals surface area (Å²) in [5.74, 6) is 0.0899. The van der Waals surface area contributed by atoms with E-state index >= 15 is 0 Å². The van der Waals surface area contributed by atoms with Crippen molar-refractivity contribution < 1.29 is 9.13 Å². The van der Waals surface area contributed by atoms with E-state index in [9.17, 15) is 4.39 Å². The average Bonchev–Trinajstić information content (AvgIpc) is 2.36. The van der Waals surface area contributed by atoms with Gasteiger partial charge >= 0.3 is 0 Å². The largest absolute Gasteiger partial charge is 0.454 e. The maximum absolute atomic E-state index is 13.6. The van der Waals surface area contributed by atoms with Crippen LogP contribution in [0.1, 0.15) is 18.5 Å². The quantitative estimate of drug-likeness (QED) is 0.898. The van der Waals surface area contributed by atoms with Crippen molar-refractivity contribution in [2.24, 2.45) is 5.73 Å². The molecule has 2 nitrogen and oxygen atoms in total. The van der Waals surface area contributed by atoms with Crippen molar-refractivity contribution in [3.8, 4) is 11.5 Å². The third-order valence-electron chi connectivity index (χ3n) is 2.55. The summed E-state index contributed by atoms with van der Waals surface area (Å²) >= 11 is 5.68. The molecule has 2 N–H and O–H groups in total. The van der Waals surface area contributed by atoms with Gasteiger partial charge in [-0.2, -0.15) is 0 Å². The van der Waals surface area contributed by atoms with Crippen molar-refractivity contribution in [1.82, 2.24) is 0 Å². The van der Waals surface area contributed by atoms with Crippen molar-refractivity contribution in [2.75, 3.05) is 0 Å².